The third-order valence-corrected chi connectivity index (χ3v) is 0.408. The van der Waals surface area contributed by atoms with Gasteiger partial charge in [-0.05, 0) is 0 Å². The van der Waals surface area contributed by atoms with E-state index < -0.39 is 5.17 Å². The van der Waals surface area contributed by atoms with Crippen molar-refractivity contribution in [2.24, 2.45) is 0 Å². The molecule has 8 heavy (non-hydrogen) atoms. The summed E-state index contributed by atoms with van der Waals surface area (Å²) in [6, 6.07) is 0. The third-order valence-electron chi connectivity index (χ3n) is 0.204. The Morgan fingerprint density at radius 1 is 1.50 bits per heavy atom. The molecular weight excluding hydrogens is 141 g/mol. The van der Waals surface area contributed by atoms with Gasteiger partial charge in [0.25, 0.3) is 0 Å². The molecule has 5 N–H and O–H groups in total. The van der Waals surface area contributed by atoms with Gasteiger partial charge in [0.1, 0.15) is 0 Å². The van der Waals surface area contributed by atoms with Crippen LogP contribution >= 0.6 is 12.2 Å². The quantitative estimate of drug-likeness (QED) is 0.274. The summed E-state index contributed by atoms with van der Waals surface area (Å²) in [4.78, 5) is 0. The van der Waals surface area contributed by atoms with Crippen molar-refractivity contribution in [2.45, 2.75) is 0 Å². The molecule has 4 nitrogen and oxygen atoms in total. The Morgan fingerprint density at radius 3 is 1.62 bits per heavy atom. The molecule has 0 aliphatic heterocycles. The molecule has 0 spiro atoms. The van der Waals surface area contributed by atoms with E-state index in [1.165, 1.54) is 7.05 Å². The van der Waals surface area contributed by atoms with E-state index in [9.17, 15) is 5.11 Å². The molecule has 46 valence electrons. The van der Waals surface area contributed by atoms with Gasteiger partial charge in [-0.3, -0.25) is 0 Å². The maximum absolute atomic E-state index is 9.52. The molecule has 0 aliphatic rings. The molecule has 0 saturated carbocycles. The summed E-state index contributed by atoms with van der Waals surface area (Å²) < 4.78 is 0. The zero-order chi connectivity index (χ0) is 4.28. The van der Waals surface area contributed by atoms with Crippen LogP contribution < -0.4 is 40.0 Å². The van der Waals surface area contributed by atoms with Gasteiger partial charge in [0.15, 0.2) is 0 Å². The fourth-order valence-corrected chi connectivity index (χ4v) is 0. The van der Waals surface area contributed by atoms with Crippen molar-refractivity contribution >= 4 is 17.4 Å². The molecular formula is C2H8NNaO3S. The van der Waals surface area contributed by atoms with Gasteiger partial charge in [0, 0.05) is 12.2 Å². The molecule has 0 aromatic carbocycles. The first-order valence-electron chi connectivity index (χ1n) is 1.16. The summed E-state index contributed by atoms with van der Waals surface area (Å²) in [5.74, 6) is 0. The first kappa shape index (κ1) is 23.5. The van der Waals surface area contributed by atoms with E-state index >= 15 is 0 Å². The van der Waals surface area contributed by atoms with Crippen molar-refractivity contribution in [1.82, 2.24) is 5.32 Å². The first-order chi connectivity index (χ1) is 2.27. The van der Waals surface area contributed by atoms with Crippen LogP contribution in [0.4, 0.5) is 0 Å². The second-order valence-electron chi connectivity index (χ2n) is 0.537. The second-order valence-corrected chi connectivity index (χ2v) is 0.908. The molecule has 0 aliphatic carbocycles. The van der Waals surface area contributed by atoms with Crippen molar-refractivity contribution in [3.05, 3.63) is 0 Å². The molecule has 6 heteroatoms. The molecule has 0 unspecified atom stereocenters. The smallest absolute Gasteiger partial charge is 0.852 e. The van der Waals surface area contributed by atoms with Gasteiger partial charge in [0.2, 0.25) is 0 Å². The van der Waals surface area contributed by atoms with Crippen LogP contribution in [0.25, 0.3) is 0 Å². The van der Waals surface area contributed by atoms with E-state index in [1.807, 2.05) is 0 Å². The van der Waals surface area contributed by atoms with Gasteiger partial charge >= 0.3 is 29.6 Å². The number of nitrogens with one attached hydrogen (secondary N) is 1. The van der Waals surface area contributed by atoms with E-state index in [4.69, 9.17) is 0 Å². The normalized spacial score (nSPS) is 4.12. The summed E-state index contributed by atoms with van der Waals surface area (Å²) >= 11 is 4.03. The van der Waals surface area contributed by atoms with Gasteiger partial charge < -0.3 is 21.4 Å². The molecule has 0 saturated heterocycles. The molecule has 0 heterocycles. The standard InChI is InChI=1S/C2H5NOS.Na.2H2O/c1-3-2(4)5;;;/h1H3,(H2,3,4,5);;2*1H2/q;+1;;/p-1. The van der Waals surface area contributed by atoms with Crippen molar-refractivity contribution in [1.29, 1.82) is 0 Å². The van der Waals surface area contributed by atoms with E-state index in [-0.39, 0.29) is 40.5 Å². The predicted molar refractivity (Wildman–Crippen MR) is 28.9 cm³/mol. The van der Waals surface area contributed by atoms with Crippen LogP contribution in [0, 0.1) is 0 Å². The molecule has 0 atom stereocenters. The Kier molecular flexibility index (Phi) is 45.9. The summed E-state index contributed by atoms with van der Waals surface area (Å²) in [5.41, 5.74) is 0. The van der Waals surface area contributed by atoms with Crippen LogP contribution in [-0.4, -0.2) is 23.2 Å². The van der Waals surface area contributed by atoms with Gasteiger partial charge in [-0.25, -0.2) is 0 Å². The number of rotatable bonds is 0. The van der Waals surface area contributed by atoms with Crippen LogP contribution in [0.1, 0.15) is 0 Å². The minimum Gasteiger partial charge on any atom is -0.852 e. The van der Waals surface area contributed by atoms with E-state index in [2.05, 4.69) is 17.5 Å². The predicted octanol–water partition coefficient (Wildman–Crippen LogP) is -5.79. The Bertz CT molecular complexity index is 52.5. The largest absolute Gasteiger partial charge is 1.00 e. The summed E-state index contributed by atoms with van der Waals surface area (Å²) in [7, 11) is 1.50. The fraction of sp³-hybridized carbons (Fsp3) is 0.500. The van der Waals surface area contributed by atoms with Crippen LogP contribution in [-0.2, 0) is 0 Å². The number of hydrogen-bond acceptors (Lipinski definition) is 2. The number of thiocarbonyl (C=S) groups is 1. The monoisotopic (exact) mass is 149 g/mol. The Labute approximate surface area is 75.2 Å². The zero-order valence-corrected chi connectivity index (χ0v) is 7.63. The van der Waals surface area contributed by atoms with Crippen LogP contribution in [0.2, 0.25) is 0 Å². The molecule has 0 aromatic heterocycles. The first-order valence-corrected chi connectivity index (χ1v) is 1.57. The number of hydrogen-bond donors (Lipinski definition) is 1. The molecule has 0 bridgehead atoms. The van der Waals surface area contributed by atoms with Crippen molar-refractivity contribution < 1.29 is 45.6 Å². The van der Waals surface area contributed by atoms with Gasteiger partial charge in [0.05, 0.1) is 0 Å². The summed E-state index contributed by atoms with van der Waals surface area (Å²) in [6.45, 7) is 0. The van der Waals surface area contributed by atoms with Crippen molar-refractivity contribution in [2.75, 3.05) is 7.05 Å². The Hall–Kier alpha value is 0.610. The SMILES string of the molecule is CNC([O-])=S.O.O.[Na+]. The maximum Gasteiger partial charge on any atom is 1.00 e. The average Bonchev–Trinajstić information content (AvgIpc) is 1.38. The van der Waals surface area contributed by atoms with Gasteiger partial charge in [-0.15, -0.1) is 0 Å². The average molecular weight is 149 g/mol. The topological polar surface area (TPSA) is 98.1 Å². The minimum atomic E-state index is -0.412. The molecule has 0 radical (unpaired) electrons. The van der Waals surface area contributed by atoms with Crippen LogP contribution in [0.15, 0.2) is 0 Å². The van der Waals surface area contributed by atoms with Gasteiger partial charge in [-0.2, -0.15) is 0 Å². The molecule has 0 rings (SSSR count). The van der Waals surface area contributed by atoms with Crippen molar-refractivity contribution in [3.63, 3.8) is 0 Å². The summed E-state index contributed by atoms with van der Waals surface area (Å²) in [5, 5.41) is 11.3. The Balaban J connectivity index is -0.0000000267. The van der Waals surface area contributed by atoms with Crippen molar-refractivity contribution in [3.8, 4) is 0 Å². The van der Waals surface area contributed by atoms with E-state index in [0.717, 1.165) is 0 Å². The van der Waals surface area contributed by atoms with Gasteiger partial charge in [-0.1, -0.05) is 12.2 Å². The molecule has 0 amide bonds. The maximum atomic E-state index is 9.52. The summed E-state index contributed by atoms with van der Waals surface area (Å²) in [6.07, 6.45) is 0. The third kappa shape index (κ3) is 30.5. The fourth-order valence-electron chi connectivity index (χ4n) is 0. The van der Waals surface area contributed by atoms with Crippen LogP contribution in [0.5, 0.6) is 0 Å². The second kappa shape index (κ2) is 15.6. The van der Waals surface area contributed by atoms with E-state index in [0.29, 0.717) is 0 Å². The molecule has 0 aromatic rings. The zero-order valence-electron chi connectivity index (χ0n) is 4.82. The van der Waals surface area contributed by atoms with E-state index in [1.54, 1.807) is 0 Å². The molecule has 0 fully saturated rings. The minimum absolute atomic E-state index is 0. The Morgan fingerprint density at radius 2 is 1.62 bits per heavy atom. The van der Waals surface area contributed by atoms with Crippen LogP contribution in [0.3, 0.4) is 0 Å².